The number of hydrogen-bond donors (Lipinski definition) is 1. The van der Waals surface area contributed by atoms with Crippen molar-refractivity contribution < 1.29 is 19.1 Å². The molecule has 2 aliphatic rings. The number of rotatable bonds is 10. The molecule has 10 heteroatoms. The lowest BCUT2D eigenvalue weighted by Crippen LogP contribution is -2.48. The molecule has 0 bridgehead atoms. The summed E-state index contributed by atoms with van der Waals surface area (Å²) in [5.74, 6) is 2.90. The van der Waals surface area contributed by atoms with Crippen molar-refractivity contribution in [2.24, 2.45) is 0 Å². The van der Waals surface area contributed by atoms with Gasteiger partial charge in [0.25, 0.3) is 0 Å². The Morgan fingerprint density at radius 2 is 1.82 bits per heavy atom. The molecule has 1 saturated heterocycles. The Kier molecular flexibility index (Phi) is 8.71. The fourth-order valence-electron chi connectivity index (χ4n) is 5.15. The van der Waals surface area contributed by atoms with Crippen LogP contribution in [0.5, 0.6) is 11.5 Å². The Balaban J connectivity index is 1.69. The summed E-state index contributed by atoms with van der Waals surface area (Å²) in [7, 11) is 0. The topological polar surface area (TPSA) is 100 Å². The van der Waals surface area contributed by atoms with Gasteiger partial charge in [0, 0.05) is 62.9 Å². The molecule has 1 N–H and O–H groups in total. The van der Waals surface area contributed by atoms with Crippen LogP contribution in [0.1, 0.15) is 70.4 Å². The molecular weight excluding hydrogens is 484 g/mol. The zero-order valence-corrected chi connectivity index (χ0v) is 23.4. The van der Waals surface area contributed by atoms with Gasteiger partial charge in [-0.15, -0.1) is 0 Å². The number of carbonyl (C=O) groups excluding carboxylic acids is 2. The van der Waals surface area contributed by atoms with E-state index in [-0.39, 0.29) is 18.0 Å². The van der Waals surface area contributed by atoms with E-state index >= 15 is 0 Å². The number of carbonyl (C=O) groups is 2. The number of fused-ring (bicyclic) bond motifs is 1. The summed E-state index contributed by atoms with van der Waals surface area (Å²) in [6.45, 7) is 16.0. The Bertz CT molecular complexity index is 1150. The van der Waals surface area contributed by atoms with Crippen LogP contribution in [-0.4, -0.2) is 77.4 Å². The molecule has 10 nitrogen and oxygen atoms in total. The first-order valence-corrected chi connectivity index (χ1v) is 13.6. The third-order valence-corrected chi connectivity index (χ3v) is 7.22. The van der Waals surface area contributed by atoms with Crippen molar-refractivity contribution in [1.29, 1.82) is 0 Å². The maximum atomic E-state index is 12.2. The monoisotopic (exact) mass is 524 g/mol. The predicted molar refractivity (Wildman–Crippen MR) is 147 cm³/mol. The molecule has 2 aromatic rings. The smallest absolute Gasteiger partial charge is 0.227 e. The van der Waals surface area contributed by atoms with Gasteiger partial charge >= 0.3 is 0 Å². The highest BCUT2D eigenvalue weighted by Gasteiger charge is 2.37. The fourth-order valence-corrected chi connectivity index (χ4v) is 5.15. The fraction of sp³-hybridized carbons (Fsp3) is 0.571. The van der Waals surface area contributed by atoms with Crippen LogP contribution in [0.25, 0.3) is 0 Å². The van der Waals surface area contributed by atoms with Gasteiger partial charge in [-0.1, -0.05) is 0 Å². The molecule has 2 aliphatic heterocycles. The van der Waals surface area contributed by atoms with Crippen LogP contribution in [0.4, 0.5) is 11.8 Å². The lowest BCUT2D eigenvalue weighted by Gasteiger charge is -2.34. The van der Waals surface area contributed by atoms with Gasteiger partial charge in [-0.2, -0.15) is 4.98 Å². The van der Waals surface area contributed by atoms with Gasteiger partial charge in [-0.25, -0.2) is 4.98 Å². The van der Waals surface area contributed by atoms with Gasteiger partial charge < -0.3 is 29.4 Å². The quantitative estimate of drug-likeness (QED) is 0.468. The van der Waals surface area contributed by atoms with Crippen molar-refractivity contribution >= 4 is 24.0 Å². The molecule has 1 unspecified atom stereocenters. The van der Waals surface area contributed by atoms with E-state index in [0.717, 1.165) is 40.4 Å². The molecule has 4 rings (SSSR count). The van der Waals surface area contributed by atoms with Crippen molar-refractivity contribution in [1.82, 2.24) is 19.8 Å². The summed E-state index contributed by atoms with van der Waals surface area (Å²) in [6.07, 6.45) is 0.975. The van der Waals surface area contributed by atoms with Gasteiger partial charge in [0.15, 0.2) is 0 Å². The summed E-state index contributed by atoms with van der Waals surface area (Å²) in [6, 6.07) is 5.51. The summed E-state index contributed by atoms with van der Waals surface area (Å²) < 4.78 is 11.6. The Morgan fingerprint density at radius 1 is 1.11 bits per heavy atom. The summed E-state index contributed by atoms with van der Waals surface area (Å²) >= 11 is 0. The van der Waals surface area contributed by atoms with E-state index in [4.69, 9.17) is 19.4 Å². The van der Waals surface area contributed by atoms with Crippen LogP contribution in [0.15, 0.2) is 18.2 Å². The van der Waals surface area contributed by atoms with Crippen molar-refractivity contribution in [2.75, 3.05) is 49.6 Å². The zero-order chi connectivity index (χ0) is 27.4. The number of aldehydes is 1. The standard InChI is InChI=1S/C28H40N6O4/c1-7-37-21-9-10-22(25(15-21)38-8-2)19(5)29-27-23-16-34(18(3)4)24(17-35)26(23)30-28(31-27)33-13-11-32(12-14-33)20(6)36/h9-10,15,17-19,24H,7-8,11-14,16H2,1-6H3,(H,29,30,31)/t19?,24-/m0/s1. The molecule has 206 valence electrons. The van der Waals surface area contributed by atoms with E-state index in [9.17, 15) is 9.59 Å². The molecule has 0 aliphatic carbocycles. The number of amides is 1. The van der Waals surface area contributed by atoms with Gasteiger partial charge in [-0.05, 0) is 46.8 Å². The van der Waals surface area contributed by atoms with Crippen LogP contribution in [0, 0.1) is 0 Å². The molecule has 38 heavy (non-hydrogen) atoms. The lowest BCUT2D eigenvalue weighted by molar-refractivity contribution is -0.129. The van der Waals surface area contributed by atoms with Gasteiger partial charge in [0.2, 0.25) is 11.9 Å². The molecule has 1 aromatic heterocycles. The van der Waals surface area contributed by atoms with Crippen molar-refractivity contribution in [2.45, 2.75) is 66.2 Å². The highest BCUT2D eigenvalue weighted by atomic mass is 16.5. The molecule has 2 atom stereocenters. The summed E-state index contributed by atoms with van der Waals surface area (Å²) in [4.78, 5) is 40.0. The van der Waals surface area contributed by atoms with E-state index in [2.05, 4.69) is 35.9 Å². The molecule has 0 saturated carbocycles. The summed E-state index contributed by atoms with van der Waals surface area (Å²) in [5.41, 5.74) is 2.68. The van der Waals surface area contributed by atoms with Crippen molar-refractivity contribution in [3.63, 3.8) is 0 Å². The highest BCUT2D eigenvalue weighted by molar-refractivity contribution is 5.73. The molecule has 1 amide bonds. The SMILES string of the molecule is CCOc1ccc(C(C)Nc2nc(N3CCN(C(C)=O)CC3)nc3c2CN(C(C)C)[C@H]3C=O)c(OCC)c1. The highest BCUT2D eigenvalue weighted by Crippen LogP contribution is 2.39. The molecule has 3 heterocycles. The first-order chi connectivity index (χ1) is 18.3. The van der Waals surface area contributed by atoms with Crippen LogP contribution >= 0.6 is 0 Å². The average molecular weight is 525 g/mol. The Morgan fingerprint density at radius 3 is 2.42 bits per heavy atom. The zero-order valence-electron chi connectivity index (χ0n) is 23.4. The molecular formula is C28H40N6O4. The van der Waals surface area contributed by atoms with Crippen LogP contribution in [-0.2, 0) is 16.1 Å². The second kappa shape index (κ2) is 12.0. The van der Waals surface area contributed by atoms with Crippen LogP contribution in [0.3, 0.4) is 0 Å². The summed E-state index contributed by atoms with van der Waals surface area (Å²) in [5, 5.41) is 3.61. The average Bonchev–Trinajstić information content (AvgIpc) is 3.28. The molecule has 1 fully saturated rings. The minimum absolute atomic E-state index is 0.0738. The largest absolute Gasteiger partial charge is 0.494 e. The first kappa shape index (κ1) is 27.6. The van der Waals surface area contributed by atoms with Gasteiger partial charge in [0.05, 0.1) is 24.9 Å². The number of nitrogens with zero attached hydrogens (tertiary/aromatic N) is 5. The Hall–Kier alpha value is -3.40. The van der Waals surface area contributed by atoms with E-state index < -0.39 is 6.04 Å². The van der Waals surface area contributed by atoms with Crippen LogP contribution < -0.4 is 19.7 Å². The number of aromatic nitrogens is 2. The maximum absolute atomic E-state index is 12.2. The van der Waals surface area contributed by atoms with E-state index in [0.29, 0.717) is 51.9 Å². The third kappa shape index (κ3) is 5.70. The normalized spacial score (nSPS) is 18.3. The van der Waals surface area contributed by atoms with E-state index in [1.807, 2.05) is 36.9 Å². The maximum Gasteiger partial charge on any atom is 0.227 e. The minimum atomic E-state index is -0.425. The second-order valence-electron chi connectivity index (χ2n) is 10.0. The number of hydrogen-bond acceptors (Lipinski definition) is 9. The number of ether oxygens (including phenoxy) is 2. The predicted octanol–water partition coefficient (Wildman–Crippen LogP) is 3.58. The van der Waals surface area contributed by atoms with Gasteiger partial charge in [0.1, 0.15) is 29.6 Å². The minimum Gasteiger partial charge on any atom is -0.494 e. The second-order valence-corrected chi connectivity index (χ2v) is 10.0. The van der Waals surface area contributed by atoms with Crippen LogP contribution in [0.2, 0.25) is 0 Å². The number of piperazine rings is 1. The lowest BCUT2D eigenvalue weighted by atomic mass is 10.1. The van der Waals surface area contributed by atoms with Crippen molar-refractivity contribution in [3.05, 3.63) is 35.0 Å². The number of nitrogens with one attached hydrogen (secondary N) is 1. The van der Waals surface area contributed by atoms with Gasteiger partial charge in [-0.3, -0.25) is 9.69 Å². The number of benzene rings is 1. The first-order valence-electron chi connectivity index (χ1n) is 13.6. The molecule has 0 spiro atoms. The molecule has 1 aromatic carbocycles. The van der Waals surface area contributed by atoms with Crippen molar-refractivity contribution in [3.8, 4) is 11.5 Å². The Labute approximate surface area is 225 Å². The molecule has 0 radical (unpaired) electrons. The third-order valence-electron chi connectivity index (χ3n) is 7.22. The number of anilines is 2. The van der Waals surface area contributed by atoms with E-state index in [1.165, 1.54) is 0 Å². The van der Waals surface area contributed by atoms with E-state index in [1.54, 1.807) is 6.92 Å².